The number of para-hydroxylation sites is 1. The normalized spacial score (nSPS) is 10.4. The van der Waals surface area contributed by atoms with Gasteiger partial charge >= 0.3 is 0 Å². The summed E-state index contributed by atoms with van der Waals surface area (Å²) in [7, 11) is 1.55. The van der Waals surface area contributed by atoms with Crippen LogP contribution in [0.15, 0.2) is 69.6 Å². The van der Waals surface area contributed by atoms with Crippen molar-refractivity contribution in [2.45, 2.75) is 13.5 Å². The minimum absolute atomic E-state index is 0.240. The molecule has 3 aromatic rings. The molecule has 0 spiro atoms. The molecule has 0 aliphatic carbocycles. The lowest BCUT2D eigenvalue weighted by Crippen LogP contribution is -2.13. The summed E-state index contributed by atoms with van der Waals surface area (Å²) in [5.41, 5.74) is 3.41. The molecule has 144 valence electrons. The first kappa shape index (κ1) is 20.4. The van der Waals surface area contributed by atoms with Gasteiger partial charge in [-0.1, -0.05) is 42.0 Å². The average molecular weight is 505 g/mol. The zero-order valence-electron chi connectivity index (χ0n) is 15.5. The van der Waals surface area contributed by atoms with Gasteiger partial charge in [0.25, 0.3) is 5.91 Å². The van der Waals surface area contributed by atoms with Crippen LogP contribution >= 0.6 is 31.9 Å². The summed E-state index contributed by atoms with van der Waals surface area (Å²) in [6, 6.07) is 19.0. The second kappa shape index (κ2) is 9.26. The average Bonchev–Trinajstić information content (AvgIpc) is 2.69. The van der Waals surface area contributed by atoms with E-state index in [1.807, 2.05) is 55.5 Å². The molecule has 0 unspecified atom stereocenters. The standard InChI is InChI=1S/C22H19Br2NO3/c1-14-7-9-15(10-8-14)13-28-21-18(24)11-16(12-20(21)27-2)22(26)25-19-6-4-3-5-17(19)23/h3-12H,13H2,1-2H3,(H,25,26). The van der Waals surface area contributed by atoms with Crippen LogP contribution in [0.2, 0.25) is 0 Å². The highest BCUT2D eigenvalue weighted by Gasteiger charge is 2.16. The third-order valence-corrected chi connectivity index (χ3v) is 5.40. The minimum atomic E-state index is -0.240. The summed E-state index contributed by atoms with van der Waals surface area (Å²) in [4.78, 5) is 12.7. The second-order valence-electron chi connectivity index (χ2n) is 6.20. The number of rotatable bonds is 6. The van der Waals surface area contributed by atoms with Crippen molar-refractivity contribution in [3.05, 3.63) is 86.3 Å². The van der Waals surface area contributed by atoms with Crippen LogP contribution in [0.4, 0.5) is 5.69 Å². The van der Waals surface area contributed by atoms with Crippen molar-refractivity contribution in [3.63, 3.8) is 0 Å². The number of hydrogen-bond donors (Lipinski definition) is 1. The molecule has 0 saturated heterocycles. The van der Waals surface area contributed by atoms with Gasteiger partial charge in [-0.3, -0.25) is 4.79 Å². The summed E-state index contributed by atoms with van der Waals surface area (Å²) in [6.07, 6.45) is 0. The molecule has 0 radical (unpaired) electrons. The number of hydrogen-bond acceptors (Lipinski definition) is 3. The predicted octanol–water partition coefficient (Wildman–Crippen LogP) is 6.36. The largest absolute Gasteiger partial charge is 0.493 e. The summed E-state index contributed by atoms with van der Waals surface area (Å²) < 4.78 is 12.9. The third kappa shape index (κ3) is 4.94. The van der Waals surface area contributed by atoms with Crippen LogP contribution in [0.5, 0.6) is 11.5 Å². The zero-order chi connectivity index (χ0) is 20.1. The van der Waals surface area contributed by atoms with E-state index in [0.29, 0.717) is 33.8 Å². The lowest BCUT2D eigenvalue weighted by atomic mass is 10.1. The molecule has 0 bridgehead atoms. The molecule has 0 atom stereocenters. The van der Waals surface area contributed by atoms with Crippen LogP contribution in [0, 0.1) is 6.92 Å². The molecule has 3 aromatic carbocycles. The Morgan fingerprint density at radius 3 is 2.39 bits per heavy atom. The van der Waals surface area contributed by atoms with E-state index >= 15 is 0 Å². The van der Waals surface area contributed by atoms with E-state index < -0.39 is 0 Å². The molecule has 6 heteroatoms. The first-order chi connectivity index (χ1) is 13.5. The molecule has 28 heavy (non-hydrogen) atoms. The maximum Gasteiger partial charge on any atom is 0.255 e. The van der Waals surface area contributed by atoms with Gasteiger partial charge < -0.3 is 14.8 Å². The number of carbonyl (C=O) groups is 1. The number of halogens is 2. The number of aryl methyl sites for hydroxylation is 1. The van der Waals surface area contributed by atoms with Gasteiger partial charge in [0.2, 0.25) is 0 Å². The smallest absolute Gasteiger partial charge is 0.255 e. The molecule has 0 heterocycles. The van der Waals surface area contributed by atoms with Gasteiger partial charge in [-0.2, -0.15) is 0 Å². The molecule has 1 amide bonds. The Kier molecular flexibility index (Phi) is 6.75. The highest BCUT2D eigenvalue weighted by atomic mass is 79.9. The van der Waals surface area contributed by atoms with Crippen molar-refractivity contribution in [1.29, 1.82) is 0 Å². The van der Waals surface area contributed by atoms with Crippen molar-refractivity contribution in [2.75, 3.05) is 12.4 Å². The monoisotopic (exact) mass is 503 g/mol. The molecule has 4 nitrogen and oxygen atoms in total. The van der Waals surface area contributed by atoms with E-state index in [1.54, 1.807) is 19.2 Å². The predicted molar refractivity (Wildman–Crippen MR) is 118 cm³/mol. The quantitative estimate of drug-likeness (QED) is 0.424. The number of benzene rings is 3. The van der Waals surface area contributed by atoms with Crippen LogP contribution in [-0.4, -0.2) is 13.0 Å². The molecule has 0 fully saturated rings. The van der Waals surface area contributed by atoms with Gasteiger partial charge in [-0.25, -0.2) is 0 Å². The van der Waals surface area contributed by atoms with Gasteiger partial charge in [-0.15, -0.1) is 0 Å². The fourth-order valence-electron chi connectivity index (χ4n) is 2.59. The molecule has 0 aliphatic heterocycles. The highest BCUT2D eigenvalue weighted by Crippen LogP contribution is 2.37. The number of ether oxygens (including phenoxy) is 2. The lowest BCUT2D eigenvalue weighted by Gasteiger charge is -2.15. The van der Waals surface area contributed by atoms with Crippen molar-refractivity contribution >= 4 is 43.5 Å². The van der Waals surface area contributed by atoms with Crippen molar-refractivity contribution in [2.24, 2.45) is 0 Å². The molecule has 0 aromatic heterocycles. The molecular weight excluding hydrogens is 486 g/mol. The van der Waals surface area contributed by atoms with Crippen LogP contribution < -0.4 is 14.8 Å². The Labute approximate surface area is 181 Å². The maximum absolute atomic E-state index is 12.7. The van der Waals surface area contributed by atoms with Gasteiger partial charge in [0, 0.05) is 10.0 Å². The Morgan fingerprint density at radius 1 is 1.00 bits per heavy atom. The van der Waals surface area contributed by atoms with E-state index in [4.69, 9.17) is 9.47 Å². The van der Waals surface area contributed by atoms with E-state index in [0.717, 1.165) is 10.0 Å². The first-order valence-corrected chi connectivity index (χ1v) is 10.2. The summed E-state index contributed by atoms with van der Waals surface area (Å²) in [5, 5.41) is 2.88. The number of anilines is 1. The van der Waals surface area contributed by atoms with Gasteiger partial charge in [0.05, 0.1) is 17.3 Å². The van der Waals surface area contributed by atoms with Gasteiger partial charge in [-0.05, 0) is 68.6 Å². The van der Waals surface area contributed by atoms with Gasteiger partial charge in [0.1, 0.15) is 6.61 Å². The van der Waals surface area contributed by atoms with Crippen LogP contribution in [0.25, 0.3) is 0 Å². The Bertz CT molecular complexity index is 988. The van der Waals surface area contributed by atoms with Crippen molar-refractivity contribution < 1.29 is 14.3 Å². The number of methoxy groups -OCH3 is 1. The SMILES string of the molecule is COc1cc(C(=O)Nc2ccccc2Br)cc(Br)c1OCc1ccc(C)cc1. The van der Waals surface area contributed by atoms with E-state index in [2.05, 4.69) is 37.2 Å². The van der Waals surface area contributed by atoms with E-state index in [9.17, 15) is 4.79 Å². The summed E-state index contributed by atoms with van der Waals surface area (Å²) in [6.45, 7) is 2.44. The zero-order valence-corrected chi connectivity index (χ0v) is 18.6. The first-order valence-electron chi connectivity index (χ1n) is 8.59. The van der Waals surface area contributed by atoms with Crippen LogP contribution in [-0.2, 0) is 6.61 Å². The minimum Gasteiger partial charge on any atom is -0.493 e. The maximum atomic E-state index is 12.7. The lowest BCUT2D eigenvalue weighted by molar-refractivity contribution is 0.102. The van der Waals surface area contributed by atoms with E-state index in [1.165, 1.54) is 5.56 Å². The summed E-state index contributed by atoms with van der Waals surface area (Å²) in [5.74, 6) is 0.801. The van der Waals surface area contributed by atoms with E-state index in [-0.39, 0.29) is 5.91 Å². The molecule has 0 saturated carbocycles. The Hall–Kier alpha value is -2.31. The molecule has 1 N–H and O–H groups in total. The number of carbonyl (C=O) groups excluding carboxylic acids is 1. The fourth-order valence-corrected chi connectivity index (χ4v) is 3.53. The summed E-state index contributed by atoms with van der Waals surface area (Å²) >= 11 is 6.93. The topological polar surface area (TPSA) is 47.6 Å². The second-order valence-corrected chi connectivity index (χ2v) is 7.91. The third-order valence-electron chi connectivity index (χ3n) is 4.12. The highest BCUT2D eigenvalue weighted by molar-refractivity contribution is 9.11. The number of nitrogens with one attached hydrogen (secondary N) is 1. The molecule has 3 rings (SSSR count). The Balaban J connectivity index is 1.79. The fraction of sp³-hybridized carbons (Fsp3) is 0.136. The Morgan fingerprint density at radius 2 is 1.71 bits per heavy atom. The van der Waals surface area contributed by atoms with Crippen LogP contribution in [0.3, 0.4) is 0 Å². The van der Waals surface area contributed by atoms with Crippen molar-refractivity contribution in [1.82, 2.24) is 0 Å². The molecular formula is C22H19Br2NO3. The number of amides is 1. The van der Waals surface area contributed by atoms with Crippen LogP contribution in [0.1, 0.15) is 21.5 Å². The van der Waals surface area contributed by atoms with Gasteiger partial charge in [0.15, 0.2) is 11.5 Å². The molecule has 0 aliphatic rings. The van der Waals surface area contributed by atoms with Crippen molar-refractivity contribution in [3.8, 4) is 11.5 Å².